The fourth-order valence-electron chi connectivity index (χ4n) is 1.84. The molecule has 17 heavy (non-hydrogen) atoms. The summed E-state index contributed by atoms with van der Waals surface area (Å²) in [7, 11) is 5.31. The first-order valence-electron chi connectivity index (χ1n) is 5.18. The number of hydrogen-bond acceptors (Lipinski definition) is 5. The number of ether oxygens (including phenoxy) is 1. The molecule has 3 N–H and O–H groups in total. The SMILES string of the molecule is COc1cnn(C)c1C(NN)c1cnn(C)c1. The molecule has 0 spiro atoms. The summed E-state index contributed by atoms with van der Waals surface area (Å²) in [5.41, 5.74) is 4.57. The van der Waals surface area contributed by atoms with Crippen LogP contribution in [0.4, 0.5) is 0 Å². The van der Waals surface area contributed by atoms with E-state index >= 15 is 0 Å². The lowest BCUT2D eigenvalue weighted by atomic mass is 10.1. The van der Waals surface area contributed by atoms with Gasteiger partial charge in [-0.3, -0.25) is 15.2 Å². The van der Waals surface area contributed by atoms with Gasteiger partial charge in [-0.25, -0.2) is 5.43 Å². The summed E-state index contributed by atoms with van der Waals surface area (Å²) in [6, 6.07) is -0.203. The van der Waals surface area contributed by atoms with Crippen LogP contribution in [0.15, 0.2) is 18.6 Å². The van der Waals surface area contributed by atoms with Crippen LogP contribution in [0.5, 0.6) is 5.75 Å². The fraction of sp³-hybridized carbons (Fsp3) is 0.400. The Bertz CT molecular complexity index is 503. The van der Waals surface area contributed by atoms with E-state index in [4.69, 9.17) is 10.6 Å². The van der Waals surface area contributed by atoms with Crippen LogP contribution in [0.1, 0.15) is 17.3 Å². The lowest BCUT2D eigenvalue weighted by Crippen LogP contribution is -2.30. The molecular formula is C10H16N6O. The van der Waals surface area contributed by atoms with Crippen molar-refractivity contribution in [3.63, 3.8) is 0 Å². The maximum absolute atomic E-state index is 5.61. The Kier molecular flexibility index (Phi) is 3.12. The van der Waals surface area contributed by atoms with Gasteiger partial charge in [-0.2, -0.15) is 10.2 Å². The number of methoxy groups -OCH3 is 1. The van der Waals surface area contributed by atoms with Gasteiger partial charge in [0.05, 0.1) is 25.5 Å². The molecule has 1 unspecified atom stereocenters. The van der Waals surface area contributed by atoms with E-state index in [1.807, 2.05) is 20.3 Å². The molecule has 0 aliphatic rings. The lowest BCUT2D eigenvalue weighted by molar-refractivity contribution is 0.401. The average Bonchev–Trinajstić information content (AvgIpc) is 2.89. The second kappa shape index (κ2) is 4.56. The normalized spacial score (nSPS) is 12.7. The third kappa shape index (κ3) is 2.02. The molecule has 0 fully saturated rings. The van der Waals surface area contributed by atoms with Gasteiger partial charge in [0.15, 0.2) is 5.75 Å². The molecule has 7 heteroatoms. The molecule has 0 radical (unpaired) electrons. The van der Waals surface area contributed by atoms with Gasteiger partial charge in [0.1, 0.15) is 5.69 Å². The largest absolute Gasteiger partial charge is 0.493 e. The molecule has 0 bridgehead atoms. The Morgan fingerprint density at radius 2 is 2.12 bits per heavy atom. The Morgan fingerprint density at radius 3 is 2.65 bits per heavy atom. The highest BCUT2D eigenvalue weighted by Crippen LogP contribution is 2.28. The molecule has 0 aromatic carbocycles. The van der Waals surface area contributed by atoms with Gasteiger partial charge in [-0.1, -0.05) is 0 Å². The number of hydrogen-bond donors (Lipinski definition) is 2. The van der Waals surface area contributed by atoms with Gasteiger partial charge in [0.25, 0.3) is 0 Å². The third-order valence-electron chi connectivity index (χ3n) is 2.67. The third-order valence-corrected chi connectivity index (χ3v) is 2.67. The second-order valence-corrected chi connectivity index (χ2v) is 3.77. The minimum absolute atomic E-state index is 0.203. The second-order valence-electron chi connectivity index (χ2n) is 3.77. The predicted molar refractivity (Wildman–Crippen MR) is 62.1 cm³/mol. The molecule has 2 rings (SSSR count). The summed E-state index contributed by atoms with van der Waals surface area (Å²) in [6.07, 6.45) is 5.32. The molecule has 1 atom stereocenters. The van der Waals surface area contributed by atoms with E-state index in [1.165, 1.54) is 0 Å². The van der Waals surface area contributed by atoms with Crippen LogP contribution in [-0.2, 0) is 14.1 Å². The number of aryl methyl sites for hydroxylation is 2. The summed E-state index contributed by atoms with van der Waals surface area (Å²) < 4.78 is 8.73. The van der Waals surface area contributed by atoms with Crippen LogP contribution >= 0.6 is 0 Å². The van der Waals surface area contributed by atoms with Crippen LogP contribution in [0, 0.1) is 0 Å². The Labute approximate surface area is 99.1 Å². The summed E-state index contributed by atoms with van der Waals surface area (Å²) in [5, 5.41) is 8.29. The van der Waals surface area contributed by atoms with Crippen LogP contribution in [0.25, 0.3) is 0 Å². The molecule has 0 saturated carbocycles. The maximum atomic E-state index is 5.61. The molecule has 2 aromatic heterocycles. The van der Waals surface area contributed by atoms with E-state index in [-0.39, 0.29) is 6.04 Å². The zero-order valence-electron chi connectivity index (χ0n) is 10.1. The van der Waals surface area contributed by atoms with Crippen molar-refractivity contribution in [1.82, 2.24) is 25.0 Å². The summed E-state index contributed by atoms with van der Waals surface area (Å²) >= 11 is 0. The van der Waals surface area contributed by atoms with Gasteiger partial charge in [0.2, 0.25) is 0 Å². The number of nitrogens with zero attached hydrogens (tertiary/aromatic N) is 4. The van der Waals surface area contributed by atoms with Crippen LogP contribution in [0.2, 0.25) is 0 Å². The number of hydrazine groups is 1. The summed E-state index contributed by atoms with van der Waals surface area (Å²) in [6.45, 7) is 0. The number of nitrogens with two attached hydrogens (primary N) is 1. The summed E-state index contributed by atoms with van der Waals surface area (Å²) in [5.74, 6) is 6.31. The molecule has 0 saturated heterocycles. The average molecular weight is 236 g/mol. The van der Waals surface area contributed by atoms with E-state index < -0.39 is 0 Å². The van der Waals surface area contributed by atoms with Gasteiger partial charge in [0, 0.05) is 25.9 Å². The number of aromatic nitrogens is 4. The molecule has 0 aliphatic carbocycles. The molecule has 92 valence electrons. The van der Waals surface area contributed by atoms with Crippen molar-refractivity contribution < 1.29 is 4.74 Å². The van der Waals surface area contributed by atoms with E-state index in [0.717, 1.165) is 11.3 Å². The Balaban J connectivity index is 2.44. The van der Waals surface area contributed by atoms with Crippen molar-refractivity contribution in [3.05, 3.63) is 29.8 Å². The molecule has 7 nitrogen and oxygen atoms in total. The van der Waals surface area contributed by atoms with Gasteiger partial charge >= 0.3 is 0 Å². The van der Waals surface area contributed by atoms with Crippen molar-refractivity contribution in [3.8, 4) is 5.75 Å². The first-order valence-corrected chi connectivity index (χ1v) is 5.18. The smallest absolute Gasteiger partial charge is 0.161 e. The van der Waals surface area contributed by atoms with Crippen LogP contribution in [-0.4, -0.2) is 26.7 Å². The topological polar surface area (TPSA) is 82.9 Å². The monoisotopic (exact) mass is 236 g/mol. The maximum Gasteiger partial charge on any atom is 0.161 e. The van der Waals surface area contributed by atoms with Crippen molar-refractivity contribution in [2.75, 3.05) is 7.11 Å². The van der Waals surface area contributed by atoms with E-state index in [1.54, 1.807) is 28.9 Å². The minimum atomic E-state index is -0.203. The first kappa shape index (κ1) is 11.6. The standard InChI is InChI=1S/C10H16N6O/c1-15-6-7(4-12-15)9(14-11)10-8(17-3)5-13-16(10)2/h4-6,9,14H,11H2,1-3H3. The quantitative estimate of drug-likeness (QED) is 0.563. The van der Waals surface area contributed by atoms with Crippen LogP contribution < -0.4 is 16.0 Å². The Morgan fingerprint density at radius 1 is 1.35 bits per heavy atom. The molecule has 2 heterocycles. The fourth-order valence-corrected chi connectivity index (χ4v) is 1.84. The van der Waals surface area contributed by atoms with Gasteiger partial charge in [-0.05, 0) is 0 Å². The van der Waals surface area contributed by atoms with Gasteiger partial charge < -0.3 is 4.74 Å². The first-order chi connectivity index (χ1) is 8.17. The number of nitrogens with one attached hydrogen (secondary N) is 1. The summed E-state index contributed by atoms with van der Waals surface area (Å²) in [4.78, 5) is 0. The highest BCUT2D eigenvalue weighted by molar-refractivity contribution is 5.34. The zero-order valence-corrected chi connectivity index (χ0v) is 10.1. The molecule has 0 amide bonds. The zero-order chi connectivity index (χ0) is 12.4. The van der Waals surface area contributed by atoms with Crippen molar-refractivity contribution in [2.45, 2.75) is 6.04 Å². The van der Waals surface area contributed by atoms with E-state index in [2.05, 4.69) is 15.6 Å². The van der Waals surface area contributed by atoms with Crippen molar-refractivity contribution in [1.29, 1.82) is 0 Å². The van der Waals surface area contributed by atoms with Crippen molar-refractivity contribution in [2.24, 2.45) is 19.9 Å². The number of rotatable bonds is 4. The minimum Gasteiger partial charge on any atom is -0.493 e. The molecule has 0 aliphatic heterocycles. The van der Waals surface area contributed by atoms with Gasteiger partial charge in [-0.15, -0.1) is 0 Å². The highest BCUT2D eigenvalue weighted by atomic mass is 16.5. The highest BCUT2D eigenvalue weighted by Gasteiger charge is 2.22. The predicted octanol–water partition coefficient (Wildman–Crippen LogP) is -0.285. The molecule has 2 aromatic rings. The van der Waals surface area contributed by atoms with Crippen LogP contribution in [0.3, 0.4) is 0 Å². The van der Waals surface area contributed by atoms with E-state index in [9.17, 15) is 0 Å². The Hall–Kier alpha value is -1.86. The molecular weight excluding hydrogens is 220 g/mol. The van der Waals surface area contributed by atoms with E-state index in [0.29, 0.717) is 5.75 Å². The lowest BCUT2D eigenvalue weighted by Gasteiger charge is -2.16. The van der Waals surface area contributed by atoms with Crippen molar-refractivity contribution >= 4 is 0 Å².